The highest BCUT2D eigenvalue weighted by Gasteiger charge is 2.23. The minimum Gasteiger partial charge on any atom is -0.493 e. The second kappa shape index (κ2) is 10.1. The van der Waals surface area contributed by atoms with Crippen LogP contribution >= 0.6 is 0 Å². The lowest BCUT2D eigenvalue weighted by Gasteiger charge is -2.20. The van der Waals surface area contributed by atoms with E-state index in [-0.39, 0.29) is 5.92 Å². The van der Waals surface area contributed by atoms with Crippen LogP contribution in [0.15, 0.2) is 127 Å². The van der Waals surface area contributed by atoms with Crippen molar-refractivity contribution in [2.45, 2.75) is 18.9 Å². The molecule has 0 aliphatic heterocycles. The van der Waals surface area contributed by atoms with Crippen molar-refractivity contribution in [1.82, 2.24) is 9.55 Å². The number of ether oxygens (including phenoxy) is 1. The van der Waals surface area contributed by atoms with Crippen LogP contribution in [-0.2, 0) is 6.54 Å². The summed E-state index contributed by atoms with van der Waals surface area (Å²) >= 11 is 0. The number of imidazole rings is 1. The number of para-hydroxylation sites is 2. The number of hydrogen-bond donors (Lipinski definition) is 0. The lowest BCUT2D eigenvalue weighted by molar-refractivity contribution is 0.305. The fourth-order valence-electron chi connectivity index (χ4n) is 5.06. The zero-order valence-electron chi connectivity index (χ0n) is 20.1. The number of nitrogens with zero attached hydrogens (tertiary/aromatic N) is 2. The van der Waals surface area contributed by atoms with Gasteiger partial charge in [0.2, 0.25) is 0 Å². The van der Waals surface area contributed by atoms with Gasteiger partial charge in [-0.1, -0.05) is 109 Å². The van der Waals surface area contributed by atoms with Crippen molar-refractivity contribution in [2.75, 3.05) is 6.61 Å². The van der Waals surface area contributed by atoms with Crippen LogP contribution < -0.4 is 4.74 Å². The predicted molar refractivity (Wildman–Crippen MR) is 148 cm³/mol. The molecule has 0 N–H and O–H groups in total. The number of aryl methyl sites for hydroxylation is 1. The third kappa shape index (κ3) is 4.36. The van der Waals surface area contributed by atoms with Gasteiger partial charge in [0, 0.05) is 11.9 Å². The van der Waals surface area contributed by atoms with Crippen LogP contribution in [0.5, 0.6) is 5.75 Å². The number of benzene rings is 5. The van der Waals surface area contributed by atoms with Crippen molar-refractivity contribution in [2.24, 2.45) is 0 Å². The first-order chi connectivity index (χ1) is 17.9. The van der Waals surface area contributed by atoms with Gasteiger partial charge in [-0.25, -0.2) is 4.98 Å². The molecule has 0 saturated carbocycles. The highest BCUT2D eigenvalue weighted by Crippen LogP contribution is 2.33. The summed E-state index contributed by atoms with van der Waals surface area (Å²) in [5, 5.41) is 2.36. The molecule has 0 fully saturated rings. The van der Waals surface area contributed by atoms with E-state index in [1.165, 1.54) is 16.5 Å². The molecular weight excluding hydrogens is 440 g/mol. The molecule has 3 heteroatoms. The lowest BCUT2D eigenvalue weighted by atomic mass is 9.90. The molecule has 6 aromatic rings. The largest absolute Gasteiger partial charge is 0.493 e. The molecule has 0 bridgehead atoms. The quantitative estimate of drug-likeness (QED) is 0.213. The van der Waals surface area contributed by atoms with Gasteiger partial charge in [-0.05, 0) is 41.1 Å². The smallest absolute Gasteiger partial charge is 0.127 e. The maximum atomic E-state index is 6.27. The maximum absolute atomic E-state index is 6.27. The number of fused-ring (bicyclic) bond motifs is 2. The van der Waals surface area contributed by atoms with E-state index in [1.54, 1.807) is 0 Å². The van der Waals surface area contributed by atoms with Crippen LogP contribution in [0.3, 0.4) is 0 Å². The van der Waals surface area contributed by atoms with Gasteiger partial charge in [0.05, 0.1) is 23.6 Å². The molecule has 176 valence electrons. The summed E-state index contributed by atoms with van der Waals surface area (Å²) in [7, 11) is 0. The fraction of sp³-hybridized carbons (Fsp3) is 0.121. The van der Waals surface area contributed by atoms with E-state index in [1.807, 2.05) is 0 Å². The van der Waals surface area contributed by atoms with Crippen molar-refractivity contribution < 1.29 is 4.74 Å². The summed E-state index contributed by atoms with van der Waals surface area (Å²) in [5.41, 5.74) is 4.67. The highest BCUT2D eigenvalue weighted by molar-refractivity contribution is 5.88. The number of aromatic nitrogens is 2. The predicted octanol–water partition coefficient (Wildman–Crippen LogP) is 7.84. The molecule has 1 aromatic heterocycles. The average Bonchev–Trinajstić information content (AvgIpc) is 3.30. The van der Waals surface area contributed by atoms with E-state index in [2.05, 4.69) is 132 Å². The molecule has 0 unspecified atom stereocenters. The Bertz CT molecular complexity index is 1540. The molecule has 0 atom stereocenters. The first-order valence-corrected chi connectivity index (χ1v) is 12.5. The van der Waals surface area contributed by atoms with Crippen molar-refractivity contribution in [1.29, 1.82) is 0 Å². The van der Waals surface area contributed by atoms with E-state index in [4.69, 9.17) is 9.72 Å². The Balaban J connectivity index is 1.32. The first kappa shape index (κ1) is 22.1. The van der Waals surface area contributed by atoms with Gasteiger partial charge in [-0.15, -0.1) is 0 Å². The SMILES string of the molecule is c1ccc(C(c2ccccc2)c2nc3ccccc3n2CCCOc2cccc3ccccc23)cc1. The van der Waals surface area contributed by atoms with Crippen LogP contribution in [0.25, 0.3) is 21.8 Å². The zero-order valence-corrected chi connectivity index (χ0v) is 20.1. The van der Waals surface area contributed by atoms with Gasteiger partial charge in [0.25, 0.3) is 0 Å². The van der Waals surface area contributed by atoms with E-state index in [9.17, 15) is 0 Å². The molecule has 0 aliphatic carbocycles. The van der Waals surface area contributed by atoms with Gasteiger partial charge in [0.1, 0.15) is 11.6 Å². The standard InChI is InChI=1S/C33H28N2O/c1-3-14-26(15-4-1)32(27-16-5-2-6-17-27)33-34-29-20-9-10-21-30(29)35(33)23-12-24-36-31-22-11-18-25-13-7-8-19-28(25)31/h1-11,13-22,32H,12,23-24H2. The third-order valence-corrected chi connectivity index (χ3v) is 6.74. The lowest BCUT2D eigenvalue weighted by Crippen LogP contribution is -2.13. The minimum absolute atomic E-state index is 0.0544. The van der Waals surface area contributed by atoms with Crippen LogP contribution in [0.4, 0.5) is 0 Å². The summed E-state index contributed by atoms with van der Waals surface area (Å²) in [6, 6.07) is 44.4. The summed E-state index contributed by atoms with van der Waals surface area (Å²) in [5.74, 6) is 2.06. The monoisotopic (exact) mass is 468 g/mol. The summed E-state index contributed by atoms with van der Waals surface area (Å²) < 4.78 is 8.65. The Morgan fingerprint density at radius 2 is 1.28 bits per heavy atom. The van der Waals surface area contributed by atoms with E-state index < -0.39 is 0 Å². The highest BCUT2D eigenvalue weighted by atomic mass is 16.5. The zero-order chi connectivity index (χ0) is 24.2. The Hall–Kier alpha value is -4.37. The van der Waals surface area contributed by atoms with Crippen molar-refractivity contribution in [3.8, 4) is 5.75 Å². The molecule has 36 heavy (non-hydrogen) atoms. The molecule has 0 radical (unpaired) electrons. The molecule has 0 aliphatic rings. The van der Waals surface area contributed by atoms with Crippen molar-refractivity contribution in [3.63, 3.8) is 0 Å². The van der Waals surface area contributed by atoms with Crippen LogP contribution in [-0.4, -0.2) is 16.2 Å². The Labute approximate surface area is 211 Å². The molecule has 3 nitrogen and oxygen atoms in total. The molecule has 5 aromatic carbocycles. The van der Waals surface area contributed by atoms with Crippen LogP contribution in [0.1, 0.15) is 29.3 Å². The van der Waals surface area contributed by atoms with Crippen molar-refractivity contribution in [3.05, 3.63) is 144 Å². The molecule has 6 rings (SSSR count). The average molecular weight is 469 g/mol. The van der Waals surface area contributed by atoms with Gasteiger partial charge >= 0.3 is 0 Å². The summed E-state index contributed by atoms with van der Waals surface area (Å²) in [4.78, 5) is 5.17. The molecule has 0 amide bonds. The molecule has 0 saturated heterocycles. The Morgan fingerprint density at radius 3 is 2.06 bits per heavy atom. The number of rotatable bonds is 8. The second-order valence-corrected chi connectivity index (χ2v) is 9.04. The fourth-order valence-corrected chi connectivity index (χ4v) is 5.06. The summed E-state index contributed by atoms with van der Waals surface area (Å²) in [6.07, 6.45) is 0.882. The Morgan fingerprint density at radius 1 is 0.639 bits per heavy atom. The molecule has 0 spiro atoms. The Kier molecular flexibility index (Phi) is 6.20. The molecular formula is C33H28N2O. The van der Waals surface area contributed by atoms with Crippen molar-refractivity contribution >= 4 is 21.8 Å². The topological polar surface area (TPSA) is 27.1 Å². The van der Waals surface area contributed by atoms with Gasteiger partial charge < -0.3 is 9.30 Å². The van der Waals surface area contributed by atoms with E-state index in [0.717, 1.165) is 41.0 Å². The summed E-state index contributed by atoms with van der Waals surface area (Å²) in [6.45, 7) is 1.47. The number of hydrogen-bond acceptors (Lipinski definition) is 2. The second-order valence-electron chi connectivity index (χ2n) is 9.04. The normalized spacial score (nSPS) is 11.4. The maximum Gasteiger partial charge on any atom is 0.127 e. The van der Waals surface area contributed by atoms with E-state index >= 15 is 0 Å². The van der Waals surface area contributed by atoms with Gasteiger partial charge in [-0.3, -0.25) is 0 Å². The van der Waals surface area contributed by atoms with E-state index in [0.29, 0.717) is 6.61 Å². The van der Waals surface area contributed by atoms with Gasteiger partial charge in [0.15, 0.2) is 0 Å². The molecule has 1 heterocycles. The van der Waals surface area contributed by atoms with Crippen LogP contribution in [0.2, 0.25) is 0 Å². The van der Waals surface area contributed by atoms with Gasteiger partial charge in [-0.2, -0.15) is 0 Å². The van der Waals surface area contributed by atoms with Crippen LogP contribution in [0, 0.1) is 0 Å². The minimum atomic E-state index is 0.0544. The first-order valence-electron chi connectivity index (χ1n) is 12.5. The third-order valence-electron chi connectivity index (χ3n) is 6.74.